The highest BCUT2D eigenvalue weighted by molar-refractivity contribution is 7.99. The topological polar surface area (TPSA) is 59.7 Å². The number of carbonyl (C=O) groups excluding carboxylic acids is 1. The molecule has 4 aromatic rings. The molecule has 0 fully saturated rings. The summed E-state index contributed by atoms with van der Waals surface area (Å²) in [5.41, 5.74) is 2.10. The van der Waals surface area contributed by atoms with Crippen molar-refractivity contribution in [1.82, 2.24) is 19.5 Å². The first-order valence-corrected chi connectivity index (χ1v) is 10.2. The second kappa shape index (κ2) is 7.58. The summed E-state index contributed by atoms with van der Waals surface area (Å²) in [6.45, 7) is 0.535. The standard InChI is InChI=1S/C19H18N4O2S2/c1-22(11-13-6-5-7-14(10-13)25-2)17(24)12-26-18-20-21-19-23(18)15-8-3-4-9-16(15)27-19/h3-10H,11-12H2,1-2H3. The van der Waals surface area contributed by atoms with Crippen LogP contribution >= 0.6 is 23.1 Å². The lowest BCUT2D eigenvalue weighted by molar-refractivity contribution is -0.127. The van der Waals surface area contributed by atoms with E-state index in [-0.39, 0.29) is 5.91 Å². The van der Waals surface area contributed by atoms with Gasteiger partial charge < -0.3 is 9.64 Å². The number of thioether (sulfide) groups is 1. The Morgan fingerprint density at radius 2 is 2.07 bits per heavy atom. The molecule has 0 aliphatic heterocycles. The van der Waals surface area contributed by atoms with Crippen molar-refractivity contribution >= 4 is 44.2 Å². The molecule has 2 aromatic carbocycles. The van der Waals surface area contributed by atoms with Crippen LogP contribution in [-0.2, 0) is 11.3 Å². The van der Waals surface area contributed by atoms with E-state index in [1.165, 1.54) is 11.8 Å². The van der Waals surface area contributed by atoms with Gasteiger partial charge in [-0.05, 0) is 29.8 Å². The summed E-state index contributed by atoms with van der Waals surface area (Å²) in [6, 6.07) is 15.9. The van der Waals surface area contributed by atoms with Crippen molar-refractivity contribution in [3.05, 3.63) is 54.1 Å². The highest BCUT2D eigenvalue weighted by Gasteiger charge is 2.16. The molecule has 4 rings (SSSR count). The molecule has 2 heterocycles. The molecular weight excluding hydrogens is 380 g/mol. The van der Waals surface area contributed by atoms with Crippen LogP contribution < -0.4 is 4.74 Å². The fourth-order valence-electron chi connectivity index (χ4n) is 2.82. The van der Waals surface area contributed by atoms with Gasteiger partial charge in [0.05, 0.1) is 23.1 Å². The lowest BCUT2D eigenvalue weighted by Gasteiger charge is -2.17. The second-order valence-electron chi connectivity index (χ2n) is 6.06. The number of hydrogen-bond acceptors (Lipinski definition) is 6. The van der Waals surface area contributed by atoms with Gasteiger partial charge in [-0.15, -0.1) is 10.2 Å². The minimum atomic E-state index is 0.0408. The summed E-state index contributed by atoms with van der Waals surface area (Å²) in [6.07, 6.45) is 0. The Kier molecular flexibility index (Phi) is 5.00. The van der Waals surface area contributed by atoms with E-state index >= 15 is 0 Å². The third-order valence-corrected chi connectivity index (χ3v) is 6.14. The van der Waals surface area contributed by atoms with Gasteiger partial charge >= 0.3 is 0 Å². The highest BCUT2D eigenvalue weighted by atomic mass is 32.2. The first-order chi connectivity index (χ1) is 13.2. The van der Waals surface area contributed by atoms with Crippen LogP contribution in [0.5, 0.6) is 5.75 Å². The van der Waals surface area contributed by atoms with Gasteiger partial charge in [-0.25, -0.2) is 0 Å². The van der Waals surface area contributed by atoms with Crippen molar-refractivity contribution in [3.63, 3.8) is 0 Å². The van der Waals surface area contributed by atoms with Crippen LogP contribution in [0.2, 0.25) is 0 Å². The van der Waals surface area contributed by atoms with E-state index in [1.54, 1.807) is 23.3 Å². The number of nitrogens with zero attached hydrogens (tertiary/aromatic N) is 4. The number of amides is 1. The minimum Gasteiger partial charge on any atom is -0.497 e. The number of para-hydroxylation sites is 1. The summed E-state index contributed by atoms with van der Waals surface area (Å²) in [7, 11) is 3.44. The zero-order valence-corrected chi connectivity index (χ0v) is 16.6. The summed E-state index contributed by atoms with van der Waals surface area (Å²) in [5, 5.41) is 9.22. The fraction of sp³-hybridized carbons (Fsp3) is 0.211. The summed E-state index contributed by atoms with van der Waals surface area (Å²) in [4.78, 5) is 15.1. The van der Waals surface area contributed by atoms with Gasteiger partial charge in [-0.3, -0.25) is 9.20 Å². The number of ether oxygens (including phenoxy) is 1. The van der Waals surface area contributed by atoms with Gasteiger partial charge in [0.2, 0.25) is 10.9 Å². The number of rotatable bonds is 6. The normalized spacial score (nSPS) is 11.2. The minimum absolute atomic E-state index is 0.0408. The van der Waals surface area contributed by atoms with Crippen LogP contribution in [0.4, 0.5) is 0 Å². The Labute approximate surface area is 164 Å². The van der Waals surface area contributed by atoms with Crippen molar-refractivity contribution in [3.8, 4) is 5.75 Å². The molecule has 0 saturated carbocycles. The van der Waals surface area contributed by atoms with Crippen LogP contribution in [0.1, 0.15) is 5.56 Å². The molecule has 138 valence electrons. The number of aromatic nitrogens is 3. The lowest BCUT2D eigenvalue weighted by atomic mass is 10.2. The fourth-order valence-corrected chi connectivity index (χ4v) is 4.73. The van der Waals surface area contributed by atoms with Crippen LogP contribution in [0.15, 0.2) is 53.7 Å². The SMILES string of the molecule is COc1cccc(CN(C)C(=O)CSc2nnc3sc4ccccc4n23)c1. The number of fused-ring (bicyclic) bond motifs is 3. The van der Waals surface area contributed by atoms with E-state index in [0.29, 0.717) is 12.3 Å². The Bertz CT molecular complexity index is 1110. The summed E-state index contributed by atoms with van der Waals surface area (Å²) >= 11 is 3.01. The molecule has 0 unspecified atom stereocenters. The van der Waals surface area contributed by atoms with Gasteiger partial charge in [-0.1, -0.05) is 47.4 Å². The first kappa shape index (κ1) is 17.8. The van der Waals surface area contributed by atoms with Gasteiger partial charge in [0, 0.05) is 13.6 Å². The van der Waals surface area contributed by atoms with E-state index in [0.717, 1.165) is 31.6 Å². The molecule has 0 aliphatic rings. The quantitative estimate of drug-likeness (QED) is 0.464. The molecule has 1 amide bonds. The van der Waals surface area contributed by atoms with Gasteiger partial charge in [0.15, 0.2) is 5.16 Å². The average molecular weight is 399 g/mol. The number of thiazole rings is 1. The van der Waals surface area contributed by atoms with E-state index in [4.69, 9.17) is 4.74 Å². The Morgan fingerprint density at radius 1 is 1.22 bits per heavy atom. The van der Waals surface area contributed by atoms with Crippen molar-refractivity contribution < 1.29 is 9.53 Å². The van der Waals surface area contributed by atoms with Crippen molar-refractivity contribution in [2.24, 2.45) is 0 Å². The lowest BCUT2D eigenvalue weighted by Crippen LogP contribution is -2.27. The highest BCUT2D eigenvalue weighted by Crippen LogP contribution is 2.29. The molecule has 0 N–H and O–H groups in total. The predicted molar refractivity (Wildman–Crippen MR) is 109 cm³/mol. The third-order valence-electron chi connectivity index (χ3n) is 4.22. The van der Waals surface area contributed by atoms with E-state index in [2.05, 4.69) is 16.3 Å². The average Bonchev–Trinajstić information content (AvgIpc) is 3.25. The van der Waals surface area contributed by atoms with Crippen molar-refractivity contribution in [2.45, 2.75) is 11.7 Å². The molecule has 2 aromatic heterocycles. The summed E-state index contributed by atoms with van der Waals surface area (Å²) < 4.78 is 8.41. The third kappa shape index (κ3) is 3.63. The zero-order valence-electron chi connectivity index (χ0n) is 15.0. The maximum absolute atomic E-state index is 12.6. The molecule has 0 spiro atoms. The Morgan fingerprint density at radius 3 is 2.93 bits per heavy atom. The Hall–Kier alpha value is -2.58. The number of hydrogen-bond donors (Lipinski definition) is 0. The molecule has 0 saturated heterocycles. The maximum atomic E-state index is 12.6. The molecule has 8 heteroatoms. The van der Waals surface area contributed by atoms with Crippen LogP contribution in [0, 0.1) is 0 Å². The zero-order chi connectivity index (χ0) is 18.8. The molecule has 0 aliphatic carbocycles. The number of methoxy groups -OCH3 is 1. The van der Waals surface area contributed by atoms with Gasteiger partial charge in [0.25, 0.3) is 0 Å². The van der Waals surface area contributed by atoms with Crippen molar-refractivity contribution in [2.75, 3.05) is 19.9 Å². The predicted octanol–water partition coefficient (Wildman–Crippen LogP) is 3.70. The van der Waals surface area contributed by atoms with Gasteiger partial charge in [-0.2, -0.15) is 0 Å². The smallest absolute Gasteiger partial charge is 0.233 e. The summed E-state index contributed by atoms with van der Waals surface area (Å²) in [5.74, 6) is 1.14. The van der Waals surface area contributed by atoms with E-state index in [1.807, 2.05) is 53.9 Å². The largest absolute Gasteiger partial charge is 0.497 e. The van der Waals surface area contributed by atoms with Gasteiger partial charge in [0.1, 0.15) is 5.75 Å². The monoisotopic (exact) mass is 398 g/mol. The first-order valence-electron chi connectivity index (χ1n) is 8.38. The molecule has 0 bridgehead atoms. The molecule has 0 radical (unpaired) electrons. The van der Waals surface area contributed by atoms with E-state index < -0.39 is 0 Å². The number of benzene rings is 2. The second-order valence-corrected chi connectivity index (χ2v) is 8.01. The van der Waals surface area contributed by atoms with Crippen LogP contribution in [-0.4, -0.2) is 45.3 Å². The maximum Gasteiger partial charge on any atom is 0.233 e. The van der Waals surface area contributed by atoms with Crippen LogP contribution in [0.25, 0.3) is 15.2 Å². The Balaban J connectivity index is 1.45. The van der Waals surface area contributed by atoms with Crippen LogP contribution in [0.3, 0.4) is 0 Å². The van der Waals surface area contributed by atoms with E-state index in [9.17, 15) is 4.79 Å². The molecule has 6 nitrogen and oxygen atoms in total. The molecular formula is C19H18N4O2S2. The van der Waals surface area contributed by atoms with Crippen molar-refractivity contribution in [1.29, 1.82) is 0 Å². The molecule has 0 atom stereocenters. The number of carbonyl (C=O) groups is 1. The molecule has 27 heavy (non-hydrogen) atoms.